The monoisotopic (exact) mass is 307 g/mol. The van der Waals surface area contributed by atoms with Crippen molar-refractivity contribution in [3.63, 3.8) is 0 Å². The Morgan fingerprint density at radius 1 is 1.38 bits per heavy atom. The van der Waals surface area contributed by atoms with E-state index in [2.05, 4.69) is 12.2 Å². The molecule has 1 fully saturated rings. The average Bonchev–Trinajstić information content (AvgIpc) is 2.87. The van der Waals surface area contributed by atoms with E-state index in [0.29, 0.717) is 5.25 Å². The Bertz CT molecular complexity index is 461. The molecule has 0 heterocycles. The molecule has 4 heteroatoms. The summed E-state index contributed by atoms with van der Waals surface area (Å²) in [4.78, 5) is 12.2. The zero-order valence-electron chi connectivity index (χ0n) is 12.8. The van der Waals surface area contributed by atoms with E-state index in [1.807, 2.05) is 42.1 Å². The summed E-state index contributed by atoms with van der Waals surface area (Å²) in [6, 6.07) is 9.65. The Hall–Kier alpha value is -1.00. The molecule has 0 spiro atoms. The van der Waals surface area contributed by atoms with Crippen molar-refractivity contribution < 1.29 is 9.90 Å². The molecule has 3 atom stereocenters. The van der Waals surface area contributed by atoms with Gasteiger partial charge in [-0.05, 0) is 37.5 Å². The number of hydrogen-bond donors (Lipinski definition) is 2. The van der Waals surface area contributed by atoms with Crippen LogP contribution >= 0.6 is 11.8 Å². The van der Waals surface area contributed by atoms with Crippen LogP contribution in [0.1, 0.15) is 45.1 Å². The van der Waals surface area contributed by atoms with Crippen molar-refractivity contribution in [3.05, 3.63) is 35.9 Å². The van der Waals surface area contributed by atoms with Crippen molar-refractivity contribution in [2.45, 2.75) is 56.4 Å². The molecular weight excluding hydrogens is 282 g/mol. The zero-order valence-corrected chi connectivity index (χ0v) is 13.7. The molecule has 3 nitrogen and oxygen atoms in total. The summed E-state index contributed by atoms with van der Waals surface area (Å²) in [5.41, 5.74) is -0.326. The number of nitrogens with one attached hydrogen (secondary N) is 1. The summed E-state index contributed by atoms with van der Waals surface area (Å²) in [5, 5.41) is 14.3. The van der Waals surface area contributed by atoms with Gasteiger partial charge in [0.2, 0.25) is 5.91 Å². The first kappa shape index (κ1) is 16.4. The van der Waals surface area contributed by atoms with Gasteiger partial charge in [0.1, 0.15) is 0 Å². The smallest absolute Gasteiger partial charge is 0.223 e. The maximum atomic E-state index is 12.2. The van der Waals surface area contributed by atoms with Gasteiger partial charge in [0.25, 0.3) is 0 Å². The van der Waals surface area contributed by atoms with E-state index < -0.39 is 5.60 Å². The van der Waals surface area contributed by atoms with Crippen LogP contribution in [0.5, 0.6) is 0 Å². The van der Waals surface area contributed by atoms with Gasteiger partial charge in [0.05, 0.1) is 12.0 Å². The van der Waals surface area contributed by atoms with E-state index in [-0.39, 0.29) is 18.4 Å². The molecule has 1 aliphatic carbocycles. The Kier molecular flexibility index (Phi) is 5.71. The Labute approximate surface area is 131 Å². The van der Waals surface area contributed by atoms with Crippen molar-refractivity contribution in [2.75, 3.05) is 5.75 Å². The minimum atomic E-state index is -1.11. The van der Waals surface area contributed by atoms with E-state index in [1.165, 1.54) is 6.42 Å². The summed E-state index contributed by atoms with van der Waals surface area (Å²) >= 11 is 1.98. The van der Waals surface area contributed by atoms with Gasteiger partial charge in [-0.3, -0.25) is 4.79 Å². The molecule has 0 saturated heterocycles. The number of amides is 1. The molecule has 0 aliphatic heterocycles. The molecule has 21 heavy (non-hydrogen) atoms. The second-order valence-corrected chi connectivity index (χ2v) is 7.55. The lowest BCUT2D eigenvalue weighted by Gasteiger charge is -2.24. The summed E-state index contributed by atoms with van der Waals surface area (Å²) in [6.45, 7) is 3.87. The van der Waals surface area contributed by atoms with Gasteiger partial charge < -0.3 is 10.4 Å². The van der Waals surface area contributed by atoms with Crippen molar-refractivity contribution >= 4 is 17.7 Å². The number of carbonyl (C=O) groups excluding carboxylic acids is 1. The quantitative estimate of drug-likeness (QED) is 0.849. The molecule has 1 aliphatic rings. The zero-order chi connectivity index (χ0) is 15.3. The van der Waals surface area contributed by atoms with Gasteiger partial charge in [-0.2, -0.15) is 11.8 Å². The van der Waals surface area contributed by atoms with E-state index in [9.17, 15) is 9.90 Å². The van der Waals surface area contributed by atoms with E-state index in [4.69, 9.17) is 0 Å². The minimum absolute atomic E-state index is 0.0593. The summed E-state index contributed by atoms with van der Waals surface area (Å²) in [7, 11) is 0. The molecule has 1 aromatic carbocycles. The van der Waals surface area contributed by atoms with Gasteiger partial charge in [0.15, 0.2) is 0 Å². The van der Waals surface area contributed by atoms with Gasteiger partial charge in [-0.25, -0.2) is 0 Å². The van der Waals surface area contributed by atoms with Crippen LogP contribution in [0.25, 0.3) is 0 Å². The number of rotatable bonds is 6. The Balaban J connectivity index is 1.85. The lowest BCUT2D eigenvalue weighted by molar-refractivity contribution is -0.126. The van der Waals surface area contributed by atoms with Crippen molar-refractivity contribution in [3.8, 4) is 0 Å². The molecule has 0 bridgehead atoms. The maximum Gasteiger partial charge on any atom is 0.223 e. The molecule has 2 rings (SSSR count). The third kappa shape index (κ3) is 4.75. The fourth-order valence-corrected chi connectivity index (χ4v) is 4.09. The highest BCUT2D eigenvalue weighted by atomic mass is 32.2. The van der Waals surface area contributed by atoms with Gasteiger partial charge in [-0.1, -0.05) is 37.3 Å². The van der Waals surface area contributed by atoms with E-state index >= 15 is 0 Å². The fourth-order valence-electron chi connectivity index (χ4n) is 2.95. The molecular formula is C17H25NO2S. The van der Waals surface area contributed by atoms with E-state index in [0.717, 1.165) is 24.2 Å². The van der Waals surface area contributed by atoms with Gasteiger partial charge >= 0.3 is 0 Å². The van der Waals surface area contributed by atoms with Gasteiger partial charge in [0, 0.05) is 11.3 Å². The third-order valence-corrected chi connectivity index (χ3v) is 5.29. The maximum absolute atomic E-state index is 12.2. The topological polar surface area (TPSA) is 49.3 Å². The molecule has 0 unspecified atom stereocenters. The molecule has 116 valence electrons. The lowest BCUT2D eigenvalue weighted by Crippen LogP contribution is -2.37. The van der Waals surface area contributed by atoms with Gasteiger partial charge in [-0.15, -0.1) is 0 Å². The minimum Gasteiger partial charge on any atom is -0.385 e. The molecule has 1 aromatic rings. The van der Waals surface area contributed by atoms with Crippen LogP contribution in [0.2, 0.25) is 0 Å². The molecule has 1 saturated carbocycles. The lowest BCUT2D eigenvalue weighted by atomic mass is 9.92. The number of aliphatic hydroxyl groups is 1. The van der Waals surface area contributed by atoms with Crippen molar-refractivity contribution in [1.29, 1.82) is 0 Å². The van der Waals surface area contributed by atoms with Crippen LogP contribution in [-0.2, 0) is 10.4 Å². The predicted molar refractivity (Wildman–Crippen MR) is 88.3 cm³/mol. The van der Waals surface area contributed by atoms with Crippen LogP contribution in [0.4, 0.5) is 0 Å². The number of benzene rings is 1. The first-order valence-corrected chi connectivity index (χ1v) is 8.75. The van der Waals surface area contributed by atoms with Crippen LogP contribution in [0.15, 0.2) is 30.3 Å². The molecule has 0 radical (unpaired) electrons. The summed E-state index contributed by atoms with van der Waals surface area (Å²) in [5.74, 6) is 1.07. The first-order valence-electron chi connectivity index (χ1n) is 7.70. The van der Waals surface area contributed by atoms with Crippen LogP contribution in [0.3, 0.4) is 0 Å². The highest BCUT2D eigenvalue weighted by molar-refractivity contribution is 7.99. The van der Waals surface area contributed by atoms with Crippen LogP contribution < -0.4 is 5.32 Å². The third-order valence-electron chi connectivity index (χ3n) is 4.05. The normalized spacial score (nSPS) is 24.5. The molecule has 0 aromatic heterocycles. The highest BCUT2D eigenvalue weighted by Gasteiger charge is 2.30. The first-order chi connectivity index (χ1) is 10.0. The molecule has 2 N–H and O–H groups in total. The van der Waals surface area contributed by atoms with Crippen LogP contribution in [0, 0.1) is 0 Å². The number of hydrogen-bond acceptors (Lipinski definition) is 3. The standard InChI is InChI=1S/C17H25NO2S/c1-3-21-15-10-9-14(11-15)18-16(19)12-17(2,20)13-7-5-4-6-8-13/h4-8,14-15,20H,3,9-12H2,1-2H3,(H,18,19)/t14-,15-,17-/m1/s1. The SMILES string of the molecule is CCS[C@@H]1CC[C@@H](NC(=O)C[C@@](C)(O)c2ccccc2)C1. The second kappa shape index (κ2) is 7.32. The molecule has 1 amide bonds. The fraction of sp³-hybridized carbons (Fsp3) is 0.588. The van der Waals surface area contributed by atoms with Crippen LogP contribution in [-0.4, -0.2) is 28.1 Å². The highest BCUT2D eigenvalue weighted by Crippen LogP contribution is 2.30. The predicted octanol–water partition coefficient (Wildman–Crippen LogP) is 3.07. The second-order valence-electron chi connectivity index (χ2n) is 5.97. The average molecular weight is 307 g/mol. The number of thioether (sulfide) groups is 1. The van der Waals surface area contributed by atoms with Crippen molar-refractivity contribution in [2.24, 2.45) is 0 Å². The summed E-state index contributed by atoms with van der Waals surface area (Å²) in [6.07, 6.45) is 3.40. The number of carbonyl (C=O) groups is 1. The van der Waals surface area contributed by atoms with Crippen molar-refractivity contribution in [1.82, 2.24) is 5.32 Å². The van der Waals surface area contributed by atoms with E-state index in [1.54, 1.807) is 6.92 Å². The largest absolute Gasteiger partial charge is 0.385 e. The summed E-state index contributed by atoms with van der Waals surface area (Å²) < 4.78 is 0. The Morgan fingerprint density at radius 2 is 2.10 bits per heavy atom. The Morgan fingerprint density at radius 3 is 2.76 bits per heavy atom.